The van der Waals surface area contributed by atoms with Gasteiger partial charge in [0.25, 0.3) is 0 Å². The van der Waals surface area contributed by atoms with Crippen LogP contribution in [0, 0.1) is 6.92 Å². The van der Waals surface area contributed by atoms with Gasteiger partial charge in [0.15, 0.2) is 5.13 Å². The Kier molecular flexibility index (Phi) is 4.82. The molecule has 1 saturated carbocycles. The SMILES string of the molecule is CCC(C)N1CCN(c2nc(C)c(CNC3CC3)s2)CC1. The lowest BCUT2D eigenvalue weighted by Crippen LogP contribution is -2.49. The summed E-state index contributed by atoms with van der Waals surface area (Å²) in [5, 5.41) is 4.83. The van der Waals surface area contributed by atoms with Crippen molar-refractivity contribution in [1.82, 2.24) is 15.2 Å². The van der Waals surface area contributed by atoms with E-state index in [2.05, 4.69) is 35.9 Å². The van der Waals surface area contributed by atoms with Crippen molar-refractivity contribution in [3.8, 4) is 0 Å². The molecule has 2 fully saturated rings. The van der Waals surface area contributed by atoms with Crippen LogP contribution in [0.2, 0.25) is 0 Å². The lowest BCUT2D eigenvalue weighted by atomic mass is 10.2. The molecule has 1 aromatic rings. The third-order valence-electron chi connectivity index (χ3n) is 4.81. The first-order valence-corrected chi connectivity index (χ1v) is 9.17. The molecule has 1 aromatic heterocycles. The molecule has 21 heavy (non-hydrogen) atoms. The number of aromatic nitrogens is 1. The van der Waals surface area contributed by atoms with Gasteiger partial charge in [-0.1, -0.05) is 6.92 Å². The molecule has 0 radical (unpaired) electrons. The van der Waals surface area contributed by atoms with Crippen molar-refractivity contribution in [3.63, 3.8) is 0 Å². The maximum absolute atomic E-state index is 4.81. The summed E-state index contributed by atoms with van der Waals surface area (Å²) in [5.74, 6) is 0. The Morgan fingerprint density at radius 3 is 2.62 bits per heavy atom. The van der Waals surface area contributed by atoms with Gasteiger partial charge in [-0.2, -0.15) is 0 Å². The summed E-state index contributed by atoms with van der Waals surface area (Å²) in [6.07, 6.45) is 3.94. The Morgan fingerprint density at radius 2 is 2.00 bits per heavy atom. The van der Waals surface area contributed by atoms with Gasteiger partial charge in [0, 0.05) is 49.7 Å². The minimum atomic E-state index is 0.712. The topological polar surface area (TPSA) is 31.4 Å². The van der Waals surface area contributed by atoms with E-state index in [9.17, 15) is 0 Å². The van der Waals surface area contributed by atoms with Crippen molar-refractivity contribution in [2.45, 2.75) is 58.7 Å². The molecule has 1 unspecified atom stereocenters. The Hall–Kier alpha value is -0.650. The summed E-state index contributed by atoms with van der Waals surface area (Å²) in [5.41, 5.74) is 1.22. The zero-order valence-electron chi connectivity index (χ0n) is 13.6. The second-order valence-electron chi connectivity index (χ2n) is 6.44. The molecule has 0 aromatic carbocycles. The van der Waals surface area contributed by atoms with Crippen LogP contribution >= 0.6 is 11.3 Å². The number of nitrogens with one attached hydrogen (secondary N) is 1. The van der Waals surface area contributed by atoms with E-state index < -0.39 is 0 Å². The van der Waals surface area contributed by atoms with Crippen LogP contribution < -0.4 is 10.2 Å². The van der Waals surface area contributed by atoms with E-state index in [1.165, 1.54) is 48.1 Å². The maximum atomic E-state index is 4.81. The molecule has 1 atom stereocenters. The van der Waals surface area contributed by atoms with Crippen LogP contribution in [0.4, 0.5) is 5.13 Å². The quantitative estimate of drug-likeness (QED) is 0.875. The first kappa shape index (κ1) is 15.3. The van der Waals surface area contributed by atoms with Gasteiger partial charge in [-0.15, -0.1) is 11.3 Å². The van der Waals surface area contributed by atoms with E-state index in [1.807, 2.05) is 11.3 Å². The third kappa shape index (κ3) is 3.76. The monoisotopic (exact) mass is 308 g/mol. The molecule has 118 valence electrons. The van der Waals surface area contributed by atoms with Gasteiger partial charge in [0.05, 0.1) is 5.69 Å². The van der Waals surface area contributed by atoms with Crippen LogP contribution in [-0.2, 0) is 6.54 Å². The van der Waals surface area contributed by atoms with Crippen molar-refractivity contribution >= 4 is 16.5 Å². The summed E-state index contributed by atoms with van der Waals surface area (Å²) in [6, 6.07) is 1.48. The summed E-state index contributed by atoms with van der Waals surface area (Å²) in [4.78, 5) is 11.3. The highest BCUT2D eigenvalue weighted by molar-refractivity contribution is 7.15. The fourth-order valence-corrected chi connectivity index (χ4v) is 3.91. The van der Waals surface area contributed by atoms with Crippen LogP contribution in [0.25, 0.3) is 0 Å². The molecule has 4 nitrogen and oxygen atoms in total. The Balaban J connectivity index is 1.56. The molecule has 0 amide bonds. The fourth-order valence-electron chi connectivity index (χ4n) is 2.85. The highest BCUT2D eigenvalue weighted by atomic mass is 32.1. The zero-order chi connectivity index (χ0) is 14.8. The molecule has 1 saturated heterocycles. The Bertz CT molecular complexity index is 461. The minimum Gasteiger partial charge on any atom is -0.346 e. The van der Waals surface area contributed by atoms with Gasteiger partial charge in [-0.3, -0.25) is 4.90 Å². The van der Waals surface area contributed by atoms with Crippen LogP contribution in [0.15, 0.2) is 0 Å². The first-order chi connectivity index (χ1) is 10.2. The summed E-state index contributed by atoms with van der Waals surface area (Å²) in [6.45, 7) is 12.3. The number of anilines is 1. The normalized spacial score (nSPS) is 21.8. The largest absolute Gasteiger partial charge is 0.346 e. The van der Waals surface area contributed by atoms with E-state index in [0.717, 1.165) is 25.7 Å². The van der Waals surface area contributed by atoms with Crippen molar-refractivity contribution in [1.29, 1.82) is 0 Å². The van der Waals surface area contributed by atoms with E-state index in [4.69, 9.17) is 4.98 Å². The van der Waals surface area contributed by atoms with E-state index in [-0.39, 0.29) is 0 Å². The molecule has 1 aliphatic heterocycles. The molecule has 0 spiro atoms. The number of rotatable bonds is 6. The lowest BCUT2D eigenvalue weighted by Gasteiger charge is -2.37. The molecule has 1 N–H and O–H groups in total. The average Bonchev–Trinajstić information content (AvgIpc) is 3.27. The van der Waals surface area contributed by atoms with Gasteiger partial charge in [0.2, 0.25) is 0 Å². The maximum Gasteiger partial charge on any atom is 0.185 e. The highest BCUT2D eigenvalue weighted by Gasteiger charge is 2.24. The second kappa shape index (κ2) is 6.63. The Morgan fingerprint density at radius 1 is 1.29 bits per heavy atom. The predicted octanol–water partition coefficient (Wildman–Crippen LogP) is 2.62. The molecule has 1 aliphatic carbocycles. The van der Waals surface area contributed by atoms with Gasteiger partial charge in [-0.25, -0.2) is 4.98 Å². The molecule has 2 aliphatic rings. The molecule has 2 heterocycles. The van der Waals surface area contributed by atoms with Crippen LogP contribution in [0.5, 0.6) is 0 Å². The van der Waals surface area contributed by atoms with Gasteiger partial charge in [0.1, 0.15) is 0 Å². The second-order valence-corrected chi connectivity index (χ2v) is 7.50. The molecule has 5 heteroatoms. The molecule has 0 bridgehead atoms. The lowest BCUT2D eigenvalue weighted by molar-refractivity contribution is 0.193. The van der Waals surface area contributed by atoms with Gasteiger partial charge < -0.3 is 10.2 Å². The Labute approximate surface area is 132 Å². The van der Waals surface area contributed by atoms with Crippen LogP contribution in [0.3, 0.4) is 0 Å². The smallest absolute Gasteiger partial charge is 0.185 e. The van der Waals surface area contributed by atoms with Crippen molar-refractivity contribution in [3.05, 3.63) is 10.6 Å². The third-order valence-corrected chi connectivity index (χ3v) is 6.03. The van der Waals surface area contributed by atoms with Gasteiger partial charge >= 0.3 is 0 Å². The predicted molar refractivity (Wildman–Crippen MR) is 90.3 cm³/mol. The van der Waals surface area contributed by atoms with Crippen molar-refractivity contribution in [2.24, 2.45) is 0 Å². The summed E-state index contributed by atoms with van der Waals surface area (Å²) >= 11 is 1.88. The van der Waals surface area contributed by atoms with E-state index >= 15 is 0 Å². The van der Waals surface area contributed by atoms with Gasteiger partial charge in [-0.05, 0) is 33.1 Å². The number of hydrogen-bond acceptors (Lipinski definition) is 5. The number of nitrogens with zero attached hydrogens (tertiary/aromatic N) is 3. The van der Waals surface area contributed by atoms with E-state index in [1.54, 1.807) is 0 Å². The molecular weight excluding hydrogens is 280 g/mol. The minimum absolute atomic E-state index is 0.712. The van der Waals surface area contributed by atoms with Crippen LogP contribution in [-0.4, -0.2) is 48.1 Å². The molecular formula is C16H28N4S. The average molecular weight is 308 g/mol. The number of aryl methyl sites for hydroxylation is 1. The number of hydrogen-bond donors (Lipinski definition) is 1. The number of piperazine rings is 1. The van der Waals surface area contributed by atoms with Crippen molar-refractivity contribution in [2.75, 3.05) is 31.1 Å². The molecule has 3 rings (SSSR count). The van der Waals surface area contributed by atoms with Crippen LogP contribution in [0.1, 0.15) is 43.7 Å². The summed E-state index contributed by atoms with van der Waals surface area (Å²) < 4.78 is 0. The number of thiazole rings is 1. The van der Waals surface area contributed by atoms with E-state index in [0.29, 0.717) is 6.04 Å². The standard InChI is InChI=1S/C16H28N4S/c1-4-12(2)19-7-9-20(10-8-19)16-18-13(3)15(21-16)11-17-14-5-6-14/h12,14,17H,4-11H2,1-3H3. The zero-order valence-corrected chi connectivity index (χ0v) is 14.4. The first-order valence-electron chi connectivity index (χ1n) is 8.36. The highest BCUT2D eigenvalue weighted by Crippen LogP contribution is 2.28. The summed E-state index contributed by atoms with van der Waals surface area (Å²) in [7, 11) is 0. The van der Waals surface area contributed by atoms with Crippen molar-refractivity contribution < 1.29 is 0 Å². The fraction of sp³-hybridized carbons (Fsp3) is 0.812.